The topological polar surface area (TPSA) is 41.1 Å². The smallest absolute Gasteiger partial charge is 0.308 e. The average molecular weight is 522 g/mol. The van der Waals surface area contributed by atoms with Crippen molar-refractivity contribution in [1.29, 1.82) is 0 Å². The summed E-state index contributed by atoms with van der Waals surface area (Å²) >= 11 is 6.89. The fourth-order valence-corrected chi connectivity index (χ4v) is 3.60. The highest BCUT2D eigenvalue weighted by atomic mass is 79.9. The van der Waals surface area contributed by atoms with Crippen LogP contribution in [0.15, 0.2) is 106 Å². The number of anilines is 2. The van der Waals surface area contributed by atoms with Gasteiger partial charge in [0.25, 0.3) is 0 Å². The Morgan fingerprint density at radius 1 is 0.467 bits per heavy atom. The molecular weight excluding hydrogens is 504 g/mol. The number of hydrogen-bond donors (Lipinski definition) is 2. The van der Waals surface area contributed by atoms with Gasteiger partial charge in [0.15, 0.2) is 0 Å². The SMILES string of the molecule is O=C(Nc1ccc(-c2ccc(Br)cc2)cc1)Nc1ccc(-c2ccc(Br)cc2)cc1. The van der Waals surface area contributed by atoms with Crippen LogP contribution in [0.25, 0.3) is 22.3 Å². The van der Waals surface area contributed by atoms with Gasteiger partial charge in [-0.25, -0.2) is 4.79 Å². The highest BCUT2D eigenvalue weighted by molar-refractivity contribution is 9.10. The second-order valence-electron chi connectivity index (χ2n) is 6.75. The third-order valence-electron chi connectivity index (χ3n) is 4.64. The van der Waals surface area contributed by atoms with Crippen molar-refractivity contribution >= 4 is 49.3 Å². The van der Waals surface area contributed by atoms with E-state index in [0.29, 0.717) is 0 Å². The van der Waals surface area contributed by atoms with Crippen LogP contribution in [0.3, 0.4) is 0 Å². The number of hydrogen-bond acceptors (Lipinski definition) is 1. The van der Waals surface area contributed by atoms with Crippen molar-refractivity contribution in [2.24, 2.45) is 0 Å². The standard InChI is InChI=1S/C25H18Br2N2O/c26-21-9-1-17(2-10-21)19-5-13-23(14-6-19)28-25(30)29-24-15-7-20(8-16-24)18-3-11-22(27)12-4-18/h1-16H,(H2,28,29,30). The number of halogens is 2. The largest absolute Gasteiger partial charge is 0.323 e. The molecule has 0 aliphatic rings. The van der Waals surface area contributed by atoms with Gasteiger partial charge in [-0.2, -0.15) is 0 Å². The molecule has 0 spiro atoms. The fraction of sp³-hybridized carbons (Fsp3) is 0. The molecule has 30 heavy (non-hydrogen) atoms. The Morgan fingerprint density at radius 3 is 1.03 bits per heavy atom. The molecule has 4 aromatic rings. The van der Waals surface area contributed by atoms with Gasteiger partial charge in [-0.05, 0) is 70.8 Å². The summed E-state index contributed by atoms with van der Waals surface area (Å²) in [6.07, 6.45) is 0. The van der Waals surface area contributed by atoms with Gasteiger partial charge >= 0.3 is 6.03 Å². The summed E-state index contributed by atoms with van der Waals surface area (Å²) in [6, 6.07) is 31.5. The number of benzene rings is 4. The van der Waals surface area contributed by atoms with Crippen molar-refractivity contribution < 1.29 is 4.79 Å². The summed E-state index contributed by atoms with van der Waals surface area (Å²) in [6.45, 7) is 0. The third-order valence-corrected chi connectivity index (χ3v) is 5.70. The van der Waals surface area contributed by atoms with Crippen molar-refractivity contribution in [2.45, 2.75) is 0 Å². The molecule has 3 nitrogen and oxygen atoms in total. The van der Waals surface area contributed by atoms with Gasteiger partial charge in [-0.3, -0.25) is 0 Å². The summed E-state index contributed by atoms with van der Waals surface area (Å²) in [5.74, 6) is 0. The number of carbonyl (C=O) groups is 1. The molecule has 0 unspecified atom stereocenters. The zero-order valence-corrected chi connectivity index (χ0v) is 19.1. The van der Waals surface area contributed by atoms with Gasteiger partial charge in [-0.15, -0.1) is 0 Å². The minimum Gasteiger partial charge on any atom is -0.308 e. The zero-order chi connectivity index (χ0) is 20.9. The Labute approximate surface area is 192 Å². The Balaban J connectivity index is 1.37. The number of rotatable bonds is 4. The van der Waals surface area contributed by atoms with Crippen LogP contribution < -0.4 is 10.6 Å². The van der Waals surface area contributed by atoms with E-state index in [1.165, 1.54) is 0 Å². The molecule has 0 fully saturated rings. The van der Waals surface area contributed by atoms with Crippen LogP contribution in [0.1, 0.15) is 0 Å². The average Bonchev–Trinajstić information content (AvgIpc) is 2.76. The number of carbonyl (C=O) groups excluding carboxylic acids is 1. The molecule has 0 aliphatic heterocycles. The maximum atomic E-state index is 12.3. The van der Waals surface area contributed by atoms with E-state index in [-0.39, 0.29) is 6.03 Å². The molecule has 0 saturated heterocycles. The van der Waals surface area contributed by atoms with Gasteiger partial charge in [0, 0.05) is 20.3 Å². The first-order chi connectivity index (χ1) is 14.6. The predicted molar refractivity (Wildman–Crippen MR) is 132 cm³/mol. The molecule has 0 aromatic heterocycles. The number of nitrogens with one attached hydrogen (secondary N) is 2. The summed E-state index contributed by atoms with van der Waals surface area (Å²) in [7, 11) is 0. The zero-order valence-electron chi connectivity index (χ0n) is 15.9. The molecular formula is C25H18Br2N2O. The molecule has 0 atom stereocenters. The Morgan fingerprint density at radius 2 is 0.733 bits per heavy atom. The van der Waals surface area contributed by atoms with E-state index in [9.17, 15) is 4.79 Å². The van der Waals surface area contributed by atoms with E-state index in [1.807, 2.05) is 72.8 Å². The van der Waals surface area contributed by atoms with E-state index in [2.05, 4.69) is 66.8 Å². The minimum atomic E-state index is -0.275. The quantitative estimate of drug-likeness (QED) is 0.279. The molecule has 5 heteroatoms. The molecule has 2 amide bonds. The molecule has 0 aliphatic carbocycles. The van der Waals surface area contributed by atoms with Crippen LogP contribution in [0.2, 0.25) is 0 Å². The number of amides is 2. The van der Waals surface area contributed by atoms with Gasteiger partial charge < -0.3 is 10.6 Å². The molecule has 0 heterocycles. The van der Waals surface area contributed by atoms with E-state index >= 15 is 0 Å². The lowest BCUT2D eigenvalue weighted by Crippen LogP contribution is -2.19. The fourth-order valence-electron chi connectivity index (χ4n) is 3.07. The monoisotopic (exact) mass is 520 g/mol. The molecule has 4 aromatic carbocycles. The van der Waals surface area contributed by atoms with Gasteiger partial charge in [-0.1, -0.05) is 80.4 Å². The second kappa shape index (κ2) is 9.28. The highest BCUT2D eigenvalue weighted by Gasteiger charge is 2.05. The third kappa shape index (κ3) is 5.17. The second-order valence-corrected chi connectivity index (χ2v) is 8.58. The van der Waals surface area contributed by atoms with Gasteiger partial charge in [0.05, 0.1) is 0 Å². The Kier molecular flexibility index (Phi) is 6.31. The Bertz CT molecular complexity index is 1040. The number of urea groups is 1. The van der Waals surface area contributed by atoms with Crippen molar-refractivity contribution in [3.63, 3.8) is 0 Å². The Hall–Kier alpha value is -2.89. The lowest BCUT2D eigenvalue weighted by molar-refractivity contribution is 0.262. The highest BCUT2D eigenvalue weighted by Crippen LogP contribution is 2.25. The van der Waals surface area contributed by atoms with Crippen molar-refractivity contribution in [3.8, 4) is 22.3 Å². The van der Waals surface area contributed by atoms with Crippen molar-refractivity contribution in [3.05, 3.63) is 106 Å². The van der Waals surface area contributed by atoms with E-state index in [4.69, 9.17) is 0 Å². The lowest BCUT2D eigenvalue weighted by atomic mass is 10.1. The predicted octanol–water partition coefficient (Wildman–Crippen LogP) is 8.19. The maximum Gasteiger partial charge on any atom is 0.323 e. The summed E-state index contributed by atoms with van der Waals surface area (Å²) in [5, 5.41) is 5.74. The van der Waals surface area contributed by atoms with Crippen LogP contribution in [0, 0.1) is 0 Å². The van der Waals surface area contributed by atoms with Crippen molar-refractivity contribution in [2.75, 3.05) is 10.6 Å². The first kappa shape index (κ1) is 20.4. The molecule has 0 bridgehead atoms. The van der Waals surface area contributed by atoms with Crippen LogP contribution in [-0.4, -0.2) is 6.03 Å². The van der Waals surface area contributed by atoms with Crippen LogP contribution in [0.5, 0.6) is 0 Å². The van der Waals surface area contributed by atoms with Gasteiger partial charge in [0.2, 0.25) is 0 Å². The van der Waals surface area contributed by atoms with Crippen LogP contribution >= 0.6 is 31.9 Å². The lowest BCUT2D eigenvalue weighted by Gasteiger charge is -2.10. The summed E-state index contributed by atoms with van der Waals surface area (Å²) in [5.41, 5.74) is 5.91. The first-order valence-electron chi connectivity index (χ1n) is 9.37. The summed E-state index contributed by atoms with van der Waals surface area (Å²) < 4.78 is 2.09. The van der Waals surface area contributed by atoms with Crippen LogP contribution in [-0.2, 0) is 0 Å². The minimum absolute atomic E-state index is 0.275. The normalized spacial score (nSPS) is 10.5. The van der Waals surface area contributed by atoms with Crippen molar-refractivity contribution in [1.82, 2.24) is 0 Å². The molecule has 4 rings (SSSR count). The van der Waals surface area contributed by atoms with E-state index < -0.39 is 0 Å². The molecule has 148 valence electrons. The molecule has 0 saturated carbocycles. The molecule has 0 radical (unpaired) electrons. The van der Waals surface area contributed by atoms with E-state index in [1.54, 1.807) is 0 Å². The van der Waals surface area contributed by atoms with Crippen LogP contribution in [0.4, 0.5) is 16.2 Å². The van der Waals surface area contributed by atoms with Gasteiger partial charge in [0.1, 0.15) is 0 Å². The summed E-state index contributed by atoms with van der Waals surface area (Å²) in [4.78, 5) is 12.3. The van der Waals surface area contributed by atoms with E-state index in [0.717, 1.165) is 42.6 Å². The first-order valence-corrected chi connectivity index (χ1v) is 11.0. The molecule has 2 N–H and O–H groups in total. The maximum absolute atomic E-state index is 12.3.